The molecule has 0 aromatic carbocycles. The number of likely N-dealkylation sites (tertiary alicyclic amines) is 1. The first-order valence-corrected chi connectivity index (χ1v) is 8.47. The summed E-state index contributed by atoms with van der Waals surface area (Å²) in [6, 6.07) is -4.15. The van der Waals surface area contributed by atoms with E-state index in [2.05, 4.69) is 23.3 Å². The molecule has 11 heteroatoms. The van der Waals surface area contributed by atoms with E-state index in [4.69, 9.17) is 10.8 Å². The first kappa shape index (κ1) is 21.2. The van der Waals surface area contributed by atoms with E-state index in [0.29, 0.717) is 12.8 Å². The van der Waals surface area contributed by atoms with E-state index in [0.717, 1.165) is 4.90 Å². The topological polar surface area (TPSA) is 162 Å². The molecule has 4 unspecified atom stereocenters. The molecule has 1 aliphatic rings. The van der Waals surface area contributed by atoms with Crippen molar-refractivity contribution < 1.29 is 29.4 Å². The van der Waals surface area contributed by atoms with Crippen molar-refractivity contribution in [3.8, 4) is 0 Å². The van der Waals surface area contributed by atoms with Crippen molar-refractivity contribution in [3.05, 3.63) is 0 Å². The highest BCUT2D eigenvalue weighted by molar-refractivity contribution is 7.80. The molecule has 0 radical (unpaired) electrons. The molecular weight excluding hydrogens is 352 g/mol. The van der Waals surface area contributed by atoms with Crippen LogP contribution < -0.4 is 16.4 Å². The Morgan fingerprint density at radius 2 is 1.84 bits per heavy atom. The van der Waals surface area contributed by atoms with Gasteiger partial charge in [-0.1, -0.05) is 0 Å². The van der Waals surface area contributed by atoms with Gasteiger partial charge in [0.2, 0.25) is 17.7 Å². The predicted octanol–water partition coefficient (Wildman–Crippen LogP) is -2.70. The van der Waals surface area contributed by atoms with Crippen LogP contribution in [-0.2, 0) is 19.2 Å². The van der Waals surface area contributed by atoms with Crippen LogP contribution in [0.1, 0.15) is 19.8 Å². The molecule has 1 saturated heterocycles. The average molecular weight is 376 g/mol. The van der Waals surface area contributed by atoms with E-state index >= 15 is 0 Å². The third-order valence-corrected chi connectivity index (χ3v) is 4.21. The van der Waals surface area contributed by atoms with Crippen LogP contribution in [0.4, 0.5) is 0 Å². The van der Waals surface area contributed by atoms with Crippen molar-refractivity contribution in [1.82, 2.24) is 15.5 Å². The summed E-state index contributed by atoms with van der Waals surface area (Å²) in [4.78, 5) is 48.5. The fourth-order valence-electron chi connectivity index (χ4n) is 2.44. The van der Waals surface area contributed by atoms with Crippen LogP contribution in [0.25, 0.3) is 0 Å². The Hall–Kier alpha value is -1.85. The van der Waals surface area contributed by atoms with Crippen molar-refractivity contribution in [2.75, 3.05) is 18.9 Å². The van der Waals surface area contributed by atoms with E-state index in [1.807, 2.05) is 0 Å². The Morgan fingerprint density at radius 1 is 1.24 bits per heavy atom. The van der Waals surface area contributed by atoms with Gasteiger partial charge in [-0.05, 0) is 19.8 Å². The van der Waals surface area contributed by atoms with E-state index in [9.17, 15) is 24.3 Å². The number of nitrogens with two attached hydrogens (primary N) is 1. The van der Waals surface area contributed by atoms with Crippen LogP contribution in [0.3, 0.4) is 0 Å². The monoisotopic (exact) mass is 376 g/mol. The second kappa shape index (κ2) is 9.59. The largest absolute Gasteiger partial charge is 0.480 e. The van der Waals surface area contributed by atoms with Gasteiger partial charge in [-0.2, -0.15) is 12.6 Å². The molecule has 0 aromatic heterocycles. The van der Waals surface area contributed by atoms with Crippen LogP contribution in [0.5, 0.6) is 0 Å². The molecule has 0 aromatic rings. The summed E-state index contributed by atoms with van der Waals surface area (Å²) in [5.41, 5.74) is 5.42. The van der Waals surface area contributed by atoms with Gasteiger partial charge in [0, 0.05) is 12.3 Å². The fraction of sp³-hybridized carbons (Fsp3) is 0.714. The number of carboxylic acids is 1. The van der Waals surface area contributed by atoms with Gasteiger partial charge < -0.3 is 31.5 Å². The second-order valence-electron chi connectivity index (χ2n) is 5.80. The van der Waals surface area contributed by atoms with E-state index in [1.54, 1.807) is 0 Å². The summed E-state index contributed by atoms with van der Waals surface area (Å²) in [6.07, 6.45) is 0.843. The summed E-state index contributed by atoms with van der Waals surface area (Å²) in [6.45, 7) is 0.982. The van der Waals surface area contributed by atoms with E-state index in [-0.39, 0.29) is 12.3 Å². The van der Waals surface area contributed by atoms with Crippen molar-refractivity contribution in [1.29, 1.82) is 0 Å². The number of nitrogens with zero attached hydrogens (tertiary/aromatic N) is 1. The van der Waals surface area contributed by atoms with Gasteiger partial charge in [-0.3, -0.25) is 14.4 Å². The lowest BCUT2D eigenvalue weighted by Crippen LogP contribution is -2.58. The maximum atomic E-state index is 12.4. The summed E-state index contributed by atoms with van der Waals surface area (Å²) in [5.74, 6) is -3.14. The summed E-state index contributed by atoms with van der Waals surface area (Å²) in [5, 5.41) is 23.3. The molecule has 6 N–H and O–H groups in total. The van der Waals surface area contributed by atoms with Gasteiger partial charge in [-0.15, -0.1) is 0 Å². The Morgan fingerprint density at radius 3 is 2.32 bits per heavy atom. The molecule has 25 heavy (non-hydrogen) atoms. The minimum Gasteiger partial charge on any atom is -0.480 e. The van der Waals surface area contributed by atoms with Crippen LogP contribution in [0.15, 0.2) is 0 Å². The molecular formula is C14H24N4O6S. The average Bonchev–Trinajstić information content (AvgIpc) is 3.06. The summed E-state index contributed by atoms with van der Waals surface area (Å²) < 4.78 is 0. The maximum Gasteiger partial charge on any atom is 0.326 e. The molecule has 3 amide bonds. The molecule has 0 bridgehead atoms. The minimum absolute atomic E-state index is 0.0436. The summed E-state index contributed by atoms with van der Waals surface area (Å²) >= 11 is 3.98. The van der Waals surface area contributed by atoms with Crippen molar-refractivity contribution in [3.63, 3.8) is 0 Å². The lowest BCUT2D eigenvalue weighted by molar-refractivity contribution is -0.150. The Bertz CT molecular complexity index is 529. The number of rotatable bonds is 8. The Kier molecular flexibility index (Phi) is 8.13. The molecule has 1 aliphatic heterocycles. The van der Waals surface area contributed by atoms with Gasteiger partial charge in [0.25, 0.3) is 0 Å². The van der Waals surface area contributed by atoms with Gasteiger partial charge >= 0.3 is 5.97 Å². The first-order valence-electron chi connectivity index (χ1n) is 7.84. The molecule has 10 nitrogen and oxygen atoms in total. The number of thiol groups is 1. The predicted molar refractivity (Wildman–Crippen MR) is 90.8 cm³/mol. The van der Waals surface area contributed by atoms with Crippen LogP contribution in [0.2, 0.25) is 0 Å². The lowest BCUT2D eigenvalue weighted by atomic mass is 10.2. The van der Waals surface area contributed by atoms with Gasteiger partial charge in [0.15, 0.2) is 0 Å². The number of nitrogens with one attached hydrogen (secondary N) is 2. The minimum atomic E-state index is -1.30. The zero-order valence-corrected chi connectivity index (χ0v) is 14.7. The van der Waals surface area contributed by atoms with Crippen molar-refractivity contribution in [2.45, 2.75) is 43.9 Å². The molecule has 0 spiro atoms. The normalized spacial score (nSPS) is 20.5. The van der Waals surface area contributed by atoms with Gasteiger partial charge in [0.1, 0.15) is 18.1 Å². The van der Waals surface area contributed by atoms with Gasteiger partial charge in [-0.25, -0.2) is 4.79 Å². The van der Waals surface area contributed by atoms with Crippen LogP contribution in [-0.4, -0.2) is 81.9 Å². The number of carbonyl (C=O) groups excluding carboxylic acids is 3. The zero-order chi connectivity index (χ0) is 19.1. The smallest absolute Gasteiger partial charge is 0.326 e. The quantitative estimate of drug-likeness (QED) is 0.251. The molecule has 142 valence electrons. The molecule has 4 atom stereocenters. The lowest BCUT2D eigenvalue weighted by Gasteiger charge is -2.27. The maximum absolute atomic E-state index is 12.4. The number of carbonyl (C=O) groups is 4. The Balaban J connectivity index is 2.76. The fourth-order valence-corrected chi connectivity index (χ4v) is 2.70. The Labute approximate surface area is 150 Å². The van der Waals surface area contributed by atoms with Crippen LogP contribution in [0, 0.1) is 0 Å². The highest BCUT2D eigenvalue weighted by Gasteiger charge is 2.38. The van der Waals surface area contributed by atoms with Crippen LogP contribution >= 0.6 is 12.6 Å². The highest BCUT2D eigenvalue weighted by Crippen LogP contribution is 2.18. The third kappa shape index (κ3) is 5.58. The van der Waals surface area contributed by atoms with E-state index in [1.165, 1.54) is 6.92 Å². The molecule has 1 heterocycles. The number of aliphatic hydroxyl groups is 1. The van der Waals surface area contributed by atoms with Crippen molar-refractivity contribution >= 4 is 36.3 Å². The summed E-state index contributed by atoms with van der Waals surface area (Å²) in [7, 11) is 0. The zero-order valence-electron chi connectivity index (χ0n) is 13.8. The molecule has 1 fully saturated rings. The number of carboxylic acid groups (broad SMARTS) is 1. The SMILES string of the molecule is CC(N)C(=O)NC(CS)C(=O)NC(CO)C(=O)N1CCCC1C(=O)O. The van der Waals surface area contributed by atoms with Crippen molar-refractivity contribution in [2.24, 2.45) is 5.73 Å². The van der Waals surface area contributed by atoms with E-state index < -0.39 is 54.5 Å². The van der Waals surface area contributed by atoms with Gasteiger partial charge in [0.05, 0.1) is 12.6 Å². The number of aliphatic hydroxyl groups excluding tert-OH is 1. The number of aliphatic carboxylic acids is 1. The number of hydrogen-bond acceptors (Lipinski definition) is 7. The molecule has 1 rings (SSSR count). The number of amides is 3. The standard InChI is InChI=1S/C14H24N4O6S/c1-7(15)11(20)17-9(6-25)12(21)16-8(5-19)13(22)18-4-2-3-10(18)14(23)24/h7-10,19,25H,2-6,15H2,1H3,(H,16,21)(H,17,20)(H,23,24). The third-order valence-electron chi connectivity index (χ3n) is 3.85. The second-order valence-corrected chi connectivity index (χ2v) is 6.17. The molecule has 0 saturated carbocycles. The number of hydrogen-bond donors (Lipinski definition) is 6. The first-order chi connectivity index (χ1) is 11.7. The highest BCUT2D eigenvalue weighted by atomic mass is 32.1. The molecule has 0 aliphatic carbocycles.